The third-order valence-electron chi connectivity index (χ3n) is 2.15. The van der Waals surface area contributed by atoms with E-state index in [1.54, 1.807) is 0 Å². The van der Waals surface area contributed by atoms with Gasteiger partial charge in [0.15, 0.2) is 5.78 Å². The number of nitrogens with one attached hydrogen (secondary N) is 1. The van der Waals surface area contributed by atoms with Crippen LogP contribution in [0.25, 0.3) is 0 Å². The summed E-state index contributed by atoms with van der Waals surface area (Å²) in [7, 11) is 0. The van der Waals surface area contributed by atoms with E-state index < -0.39 is 0 Å². The highest BCUT2D eigenvalue weighted by atomic mass is 16.5. The van der Waals surface area contributed by atoms with Crippen LogP contribution in [0.1, 0.15) is 34.1 Å². The minimum atomic E-state index is -0.106. The molecule has 0 radical (unpaired) electrons. The van der Waals surface area contributed by atoms with Crippen LogP contribution in [-0.4, -0.2) is 30.1 Å². The zero-order valence-electron chi connectivity index (χ0n) is 8.89. The molecule has 1 saturated heterocycles. The lowest BCUT2D eigenvalue weighted by Crippen LogP contribution is -2.50. The molecule has 0 saturated carbocycles. The topological polar surface area (TPSA) is 38.3 Å². The van der Waals surface area contributed by atoms with Crippen LogP contribution in [0.15, 0.2) is 0 Å². The van der Waals surface area contributed by atoms with E-state index in [1.807, 2.05) is 6.92 Å². The van der Waals surface area contributed by atoms with Gasteiger partial charge in [0.1, 0.15) is 6.61 Å². The number of hydrogen-bond acceptors (Lipinski definition) is 3. The quantitative estimate of drug-likeness (QED) is 0.700. The molecular weight excluding hydrogens is 166 g/mol. The monoisotopic (exact) mass is 185 g/mol. The third kappa shape index (κ3) is 2.78. The molecule has 1 fully saturated rings. The lowest BCUT2D eigenvalue weighted by atomic mass is 10.0. The van der Waals surface area contributed by atoms with E-state index in [0.29, 0.717) is 0 Å². The predicted octanol–water partition coefficient (Wildman–Crippen LogP) is 1.12. The SMILES string of the molecule is CCC1OCC(=O)C1NC(C)(C)C. The highest BCUT2D eigenvalue weighted by molar-refractivity contribution is 5.87. The van der Waals surface area contributed by atoms with Crippen LogP contribution < -0.4 is 5.32 Å². The highest BCUT2D eigenvalue weighted by Crippen LogP contribution is 2.16. The van der Waals surface area contributed by atoms with Gasteiger partial charge in [0.05, 0.1) is 12.1 Å². The van der Waals surface area contributed by atoms with Crippen molar-refractivity contribution in [2.45, 2.75) is 51.8 Å². The second kappa shape index (κ2) is 3.76. The maximum atomic E-state index is 11.4. The number of hydrogen-bond donors (Lipinski definition) is 1. The summed E-state index contributed by atoms with van der Waals surface area (Å²) >= 11 is 0. The van der Waals surface area contributed by atoms with Gasteiger partial charge in [0.2, 0.25) is 0 Å². The summed E-state index contributed by atoms with van der Waals surface area (Å²) in [5, 5.41) is 3.29. The standard InChI is InChI=1S/C10H19NO2/c1-5-8-9(7(12)6-13-8)11-10(2,3)4/h8-9,11H,5-6H2,1-4H3. The summed E-state index contributed by atoms with van der Waals surface area (Å²) in [4.78, 5) is 11.4. The number of ketones is 1. The summed E-state index contributed by atoms with van der Waals surface area (Å²) in [6.07, 6.45) is 0.950. The van der Waals surface area contributed by atoms with E-state index >= 15 is 0 Å². The van der Waals surface area contributed by atoms with Gasteiger partial charge in [-0.2, -0.15) is 0 Å². The summed E-state index contributed by atoms with van der Waals surface area (Å²) in [5.74, 6) is 0.182. The van der Waals surface area contributed by atoms with E-state index in [9.17, 15) is 4.79 Å². The van der Waals surface area contributed by atoms with Gasteiger partial charge >= 0.3 is 0 Å². The highest BCUT2D eigenvalue weighted by Gasteiger charge is 2.36. The molecule has 3 nitrogen and oxygen atoms in total. The van der Waals surface area contributed by atoms with Gasteiger partial charge in [-0.3, -0.25) is 4.79 Å². The fourth-order valence-corrected chi connectivity index (χ4v) is 1.58. The molecule has 0 aromatic rings. The number of carbonyl (C=O) groups excluding carboxylic acids is 1. The van der Waals surface area contributed by atoms with E-state index in [0.717, 1.165) is 6.42 Å². The second-order valence-corrected chi connectivity index (χ2v) is 4.60. The van der Waals surface area contributed by atoms with E-state index in [-0.39, 0.29) is 30.1 Å². The molecule has 3 heteroatoms. The van der Waals surface area contributed by atoms with E-state index in [2.05, 4.69) is 26.1 Å². The summed E-state index contributed by atoms with van der Waals surface area (Å²) < 4.78 is 5.36. The first-order valence-electron chi connectivity index (χ1n) is 4.86. The fourth-order valence-electron chi connectivity index (χ4n) is 1.58. The van der Waals surface area contributed by atoms with Crippen molar-refractivity contribution in [2.24, 2.45) is 0 Å². The van der Waals surface area contributed by atoms with Crippen LogP contribution in [0.5, 0.6) is 0 Å². The Bertz CT molecular complexity index is 196. The first-order chi connectivity index (χ1) is 5.94. The molecule has 1 rings (SSSR count). The first-order valence-corrected chi connectivity index (χ1v) is 4.86. The van der Waals surface area contributed by atoms with Crippen molar-refractivity contribution >= 4 is 5.78 Å². The molecule has 13 heavy (non-hydrogen) atoms. The molecule has 0 spiro atoms. The third-order valence-corrected chi connectivity index (χ3v) is 2.15. The Labute approximate surface area is 79.8 Å². The molecule has 1 heterocycles. The molecule has 0 aromatic heterocycles. The minimum absolute atomic E-state index is 0.0263. The Hall–Kier alpha value is -0.410. The Morgan fingerprint density at radius 2 is 2.15 bits per heavy atom. The fraction of sp³-hybridized carbons (Fsp3) is 0.900. The van der Waals surface area contributed by atoms with Crippen LogP contribution in [0.4, 0.5) is 0 Å². The largest absolute Gasteiger partial charge is 0.368 e. The molecule has 1 N–H and O–H groups in total. The number of ether oxygens (including phenoxy) is 1. The van der Waals surface area contributed by atoms with Crippen molar-refractivity contribution in [3.05, 3.63) is 0 Å². The van der Waals surface area contributed by atoms with Crippen LogP contribution in [0.3, 0.4) is 0 Å². The zero-order valence-corrected chi connectivity index (χ0v) is 8.89. The van der Waals surface area contributed by atoms with E-state index in [1.165, 1.54) is 0 Å². The molecule has 0 amide bonds. The Morgan fingerprint density at radius 1 is 1.54 bits per heavy atom. The van der Waals surface area contributed by atoms with Crippen molar-refractivity contribution in [1.29, 1.82) is 0 Å². The molecule has 76 valence electrons. The summed E-state index contributed by atoms with van der Waals surface area (Å²) in [6.45, 7) is 8.49. The van der Waals surface area contributed by atoms with Gasteiger partial charge in [-0.05, 0) is 27.2 Å². The molecule has 0 aliphatic carbocycles. The van der Waals surface area contributed by atoms with Gasteiger partial charge in [-0.25, -0.2) is 0 Å². The van der Waals surface area contributed by atoms with Crippen molar-refractivity contribution in [3.63, 3.8) is 0 Å². The zero-order chi connectivity index (χ0) is 10.1. The molecule has 1 aliphatic heterocycles. The number of carbonyl (C=O) groups is 1. The van der Waals surface area contributed by atoms with Gasteiger partial charge in [-0.1, -0.05) is 6.92 Å². The average molecular weight is 185 g/mol. The van der Waals surface area contributed by atoms with Crippen molar-refractivity contribution in [1.82, 2.24) is 5.32 Å². The minimum Gasteiger partial charge on any atom is -0.368 e. The van der Waals surface area contributed by atoms with Gasteiger partial charge < -0.3 is 10.1 Å². The van der Waals surface area contributed by atoms with Gasteiger partial charge in [-0.15, -0.1) is 0 Å². The lowest BCUT2D eigenvalue weighted by molar-refractivity contribution is -0.119. The second-order valence-electron chi connectivity index (χ2n) is 4.60. The Morgan fingerprint density at radius 3 is 2.62 bits per heavy atom. The van der Waals surface area contributed by atoms with Crippen LogP contribution in [0.2, 0.25) is 0 Å². The lowest BCUT2D eigenvalue weighted by Gasteiger charge is -2.27. The van der Waals surface area contributed by atoms with Crippen molar-refractivity contribution in [2.75, 3.05) is 6.61 Å². The van der Waals surface area contributed by atoms with Crippen LogP contribution in [-0.2, 0) is 9.53 Å². The smallest absolute Gasteiger partial charge is 0.177 e. The molecule has 1 aliphatic rings. The maximum absolute atomic E-state index is 11.4. The Kier molecular flexibility index (Phi) is 3.09. The van der Waals surface area contributed by atoms with Crippen molar-refractivity contribution < 1.29 is 9.53 Å². The maximum Gasteiger partial charge on any atom is 0.177 e. The molecular formula is C10H19NO2. The number of rotatable bonds is 2. The van der Waals surface area contributed by atoms with Gasteiger partial charge in [0, 0.05) is 5.54 Å². The van der Waals surface area contributed by atoms with Crippen LogP contribution >= 0.6 is 0 Å². The molecule has 2 atom stereocenters. The molecule has 2 unspecified atom stereocenters. The van der Waals surface area contributed by atoms with E-state index in [4.69, 9.17) is 4.74 Å². The normalized spacial score (nSPS) is 29.7. The van der Waals surface area contributed by atoms with Crippen LogP contribution in [0, 0.1) is 0 Å². The average Bonchev–Trinajstić information content (AvgIpc) is 2.30. The summed E-state index contributed by atoms with van der Waals surface area (Å²) in [5.41, 5.74) is -0.0263. The molecule has 0 aromatic carbocycles. The Balaban J connectivity index is 2.60. The first kappa shape index (κ1) is 10.7. The van der Waals surface area contributed by atoms with Crippen molar-refractivity contribution in [3.8, 4) is 0 Å². The predicted molar refractivity (Wildman–Crippen MR) is 51.7 cm³/mol. The number of Topliss-reactive ketones (excluding diaryl/α,β-unsaturated/α-hetero) is 1. The van der Waals surface area contributed by atoms with Gasteiger partial charge in [0.25, 0.3) is 0 Å². The molecule has 0 bridgehead atoms. The summed E-state index contributed by atoms with van der Waals surface area (Å²) in [6, 6.07) is -0.106.